The van der Waals surface area contributed by atoms with Crippen LogP contribution < -0.4 is 10.4 Å². The van der Waals surface area contributed by atoms with Crippen LogP contribution in [-0.2, 0) is 15.8 Å². The summed E-state index contributed by atoms with van der Waals surface area (Å²) in [5.74, 6) is 0.254. The Hall–Kier alpha value is -2.72. The van der Waals surface area contributed by atoms with Crippen LogP contribution in [0.1, 0.15) is 39.7 Å². The molecule has 0 N–H and O–H groups in total. The molecule has 0 amide bonds. The van der Waals surface area contributed by atoms with E-state index in [0.717, 1.165) is 6.42 Å². The zero-order valence-corrected chi connectivity index (χ0v) is 22.7. The molecule has 184 valence electrons. The van der Waals surface area contributed by atoms with Crippen molar-refractivity contribution >= 4 is 18.7 Å². The molecule has 0 aliphatic rings. The van der Waals surface area contributed by atoms with Crippen LogP contribution in [0.2, 0.25) is 5.04 Å². The van der Waals surface area contributed by atoms with Gasteiger partial charge < -0.3 is 9.16 Å². The smallest absolute Gasteiger partial charge is 0.261 e. The van der Waals surface area contributed by atoms with Gasteiger partial charge in [0.05, 0.1) is 12.7 Å². The molecule has 0 aromatic heterocycles. The van der Waals surface area contributed by atoms with Crippen molar-refractivity contribution in [1.29, 1.82) is 0 Å². The molecule has 3 aromatic carbocycles. The Balaban J connectivity index is 1.77. The first kappa shape index (κ1) is 26.9. The molecular weight excluding hydrogens is 444 g/mol. The van der Waals surface area contributed by atoms with Gasteiger partial charge in [0.15, 0.2) is 0 Å². The van der Waals surface area contributed by atoms with E-state index < -0.39 is 8.32 Å². The maximum Gasteiger partial charge on any atom is 0.261 e. The highest BCUT2D eigenvalue weighted by Crippen LogP contribution is 2.37. The van der Waals surface area contributed by atoms with E-state index >= 15 is 0 Å². The first-order valence-corrected chi connectivity index (χ1v) is 14.5. The second-order valence-corrected chi connectivity index (χ2v) is 14.5. The van der Waals surface area contributed by atoms with Gasteiger partial charge in [-0.2, -0.15) is 0 Å². The van der Waals surface area contributed by atoms with Gasteiger partial charge in [-0.3, -0.25) is 0 Å². The molecule has 0 saturated carbocycles. The minimum absolute atomic E-state index is 0.00280. The molecule has 0 saturated heterocycles. The van der Waals surface area contributed by atoms with Crippen LogP contribution in [0.25, 0.3) is 0 Å². The quantitative estimate of drug-likeness (QED) is 0.205. The van der Waals surface area contributed by atoms with E-state index in [4.69, 9.17) is 9.16 Å². The lowest BCUT2D eigenvalue weighted by molar-refractivity contribution is 0.0735. The summed E-state index contributed by atoms with van der Waals surface area (Å²) < 4.78 is 13.2. The van der Waals surface area contributed by atoms with Crippen molar-refractivity contribution in [3.8, 4) is 0 Å². The van der Waals surface area contributed by atoms with Gasteiger partial charge in [-0.1, -0.05) is 137 Å². The van der Waals surface area contributed by atoms with Crippen molar-refractivity contribution < 1.29 is 9.16 Å². The van der Waals surface area contributed by atoms with Crippen molar-refractivity contribution in [3.05, 3.63) is 121 Å². The van der Waals surface area contributed by atoms with E-state index in [1.54, 1.807) is 0 Å². The summed E-state index contributed by atoms with van der Waals surface area (Å²) in [6.45, 7) is 14.3. The van der Waals surface area contributed by atoms with E-state index in [-0.39, 0.29) is 17.1 Å². The van der Waals surface area contributed by atoms with Crippen LogP contribution in [-0.4, -0.2) is 21.0 Å². The van der Waals surface area contributed by atoms with Gasteiger partial charge in [-0.15, -0.1) is 6.58 Å². The lowest BCUT2D eigenvalue weighted by Crippen LogP contribution is -2.66. The van der Waals surface area contributed by atoms with Crippen molar-refractivity contribution in [1.82, 2.24) is 0 Å². The third-order valence-corrected chi connectivity index (χ3v) is 11.3. The molecule has 3 heteroatoms. The summed E-state index contributed by atoms with van der Waals surface area (Å²) in [5, 5.41) is 2.60. The van der Waals surface area contributed by atoms with Gasteiger partial charge in [0.2, 0.25) is 0 Å². The first-order valence-electron chi connectivity index (χ1n) is 12.6. The summed E-state index contributed by atoms with van der Waals surface area (Å²) >= 11 is 0. The molecule has 2 nitrogen and oxygen atoms in total. The van der Waals surface area contributed by atoms with E-state index in [9.17, 15) is 0 Å². The maximum absolute atomic E-state index is 7.08. The van der Waals surface area contributed by atoms with Crippen LogP contribution in [0.4, 0.5) is 0 Å². The zero-order chi connectivity index (χ0) is 25.2. The van der Waals surface area contributed by atoms with E-state index in [0.29, 0.717) is 13.2 Å². The highest BCUT2D eigenvalue weighted by atomic mass is 28.4. The predicted molar refractivity (Wildman–Crippen MR) is 152 cm³/mol. The largest absolute Gasteiger partial charge is 0.407 e. The summed E-state index contributed by atoms with van der Waals surface area (Å²) in [7, 11) is -2.52. The number of rotatable bonds is 12. The molecule has 0 fully saturated rings. The second-order valence-electron chi connectivity index (χ2n) is 10.2. The van der Waals surface area contributed by atoms with Gasteiger partial charge in [-0.05, 0) is 33.3 Å². The third kappa shape index (κ3) is 7.14. The SMILES string of the molecule is C=CC[C@@H](C=C[C@H](C)CO[Si](c1ccccc1)(c1ccccc1)C(C)(C)C)OCc1ccccc1. The third-order valence-electron chi connectivity index (χ3n) is 6.34. The molecule has 3 rings (SSSR count). The van der Waals surface area contributed by atoms with Crippen LogP contribution in [0.3, 0.4) is 0 Å². The molecule has 0 unspecified atom stereocenters. The summed E-state index contributed by atoms with van der Waals surface area (Å²) in [5.41, 5.74) is 1.18. The summed E-state index contributed by atoms with van der Waals surface area (Å²) in [6, 6.07) is 31.9. The van der Waals surface area contributed by atoms with Crippen LogP contribution in [0, 0.1) is 5.92 Å². The normalized spacial score (nSPS) is 14.1. The lowest BCUT2D eigenvalue weighted by atomic mass is 10.1. The van der Waals surface area contributed by atoms with Crippen LogP contribution in [0.15, 0.2) is 116 Å². The van der Waals surface area contributed by atoms with Gasteiger partial charge >= 0.3 is 0 Å². The Bertz CT molecular complexity index is 1000. The van der Waals surface area contributed by atoms with Gasteiger partial charge in [0.1, 0.15) is 0 Å². The van der Waals surface area contributed by atoms with Gasteiger partial charge in [0.25, 0.3) is 8.32 Å². The molecule has 35 heavy (non-hydrogen) atoms. The average molecular weight is 485 g/mol. The van der Waals surface area contributed by atoms with Crippen molar-refractivity contribution in [2.45, 2.75) is 51.9 Å². The molecule has 0 radical (unpaired) electrons. The Morgan fingerprint density at radius 2 is 1.31 bits per heavy atom. The fourth-order valence-electron chi connectivity index (χ4n) is 4.53. The molecule has 2 atom stereocenters. The second kappa shape index (κ2) is 12.8. The van der Waals surface area contributed by atoms with Gasteiger partial charge in [-0.25, -0.2) is 0 Å². The molecule has 3 aromatic rings. The summed E-state index contributed by atoms with van der Waals surface area (Å²) in [4.78, 5) is 0. The van der Waals surface area contributed by atoms with E-state index in [1.807, 2.05) is 24.3 Å². The monoisotopic (exact) mass is 484 g/mol. The molecule has 0 heterocycles. The Morgan fingerprint density at radius 3 is 1.80 bits per heavy atom. The van der Waals surface area contributed by atoms with Crippen molar-refractivity contribution in [3.63, 3.8) is 0 Å². The van der Waals surface area contributed by atoms with E-state index in [1.165, 1.54) is 15.9 Å². The van der Waals surface area contributed by atoms with Crippen LogP contribution >= 0.6 is 0 Å². The Kier molecular flexibility index (Phi) is 9.85. The topological polar surface area (TPSA) is 18.5 Å². The number of ether oxygens (including phenoxy) is 1. The number of hydrogen-bond acceptors (Lipinski definition) is 2. The number of benzene rings is 3. The Labute approximate surface area is 213 Å². The van der Waals surface area contributed by atoms with Crippen molar-refractivity contribution in [2.75, 3.05) is 6.61 Å². The fraction of sp³-hybridized carbons (Fsp3) is 0.312. The van der Waals surface area contributed by atoms with Crippen LogP contribution in [0.5, 0.6) is 0 Å². The lowest BCUT2D eigenvalue weighted by Gasteiger charge is -2.43. The molecule has 0 aliphatic heterocycles. The minimum atomic E-state index is -2.52. The molecule has 0 aliphatic carbocycles. The highest BCUT2D eigenvalue weighted by molar-refractivity contribution is 6.99. The minimum Gasteiger partial charge on any atom is -0.407 e. The summed E-state index contributed by atoms with van der Waals surface area (Å²) in [6.07, 6.45) is 7.11. The zero-order valence-electron chi connectivity index (χ0n) is 21.7. The van der Waals surface area contributed by atoms with E-state index in [2.05, 4.69) is 119 Å². The predicted octanol–water partition coefficient (Wildman–Crippen LogP) is 6.92. The number of hydrogen-bond donors (Lipinski definition) is 0. The van der Waals surface area contributed by atoms with Gasteiger partial charge in [0, 0.05) is 6.61 Å². The molecule has 0 bridgehead atoms. The molecule has 0 spiro atoms. The van der Waals surface area contributed by atoms with Crippen molar-refractivity contribution in [2.24, 2.45) is 5.92 Å². The standard InChI is InChI=1S/C32H40O2Si/c1-6-16-29(33-26-28-17-10-7-11-18-28)24-23-27(2)25-34-35(32(3,4)5,30-19-12-8-13-20-30)31-21-14-9-15-22-31/h6-15,17-24,27,29H,1,16,25-26H2,2-5H3/t27-,29-/m0/s1. The molecular formula is C32H40O2Si. The maximum atomic E-state index is 7.08. The average Bonchev–Trinajstić information content (AvgIpc) is 2.87. The highest BCUT2D eigenvalue weighted by Gasteiger charge is 2.50. The fourth-order valence-corrected chi connectivity index (χ4v) is 9.20. The first-order chi connectivity index (χ1) is 16.9. The Morgan fingerprint density at radius 1 is 0.800 bits per heavy atom.